The van der Waals surface area contributed by atoms with Crippen LogP contribution in [0.2, 0.25) is 0 Å². The van der Waals surface area contributed by atoms with Gasteiger partial charge in [-0.15, -0.1) is 12.4 Å². The highest BCUT2D eigenvalue weighted by molar-refractivity contribution is 5.98. The number of guanidine groups is 1. The van der Waals surface area contributed by atoms with Gasteiger partial charge in [0.05, 0.1) is 18.3 Å². The highest BCUT2D eigenvalue weighted by Crippen LogP contribution is 2.23. The molecule has 0 amide bonds. The smallest absolute Gasteiger partial charge is 0.195 e. The van der Waals surface area contributed by atoms with E-state index in [0.29, 0.717) is 0 Å². The van der Waals surface area contributed by atoms with Gasteiger partial charge in [0.15, 0.2) is 5.96 Å². The van der Waals surface area contributed by atoms with Crippen LogP contribution in [0.4, 0.5) is 5.69 Å². The summed E-state index contributed by atoms with van der Waals surface area (Å²) >= 11 is 0. The molecule has 1 aliphatic heterocycles. The third kappa shape index (κ3) is 2.06. The normalized spacial score (nSPS) is 14.1. The number of benzene rings is 1. The Morgan fingerprint density at radius 1 is 1.35 bits per heavy atom. The summed E-state index contributed by atoms with van der Waals surface area (Å²) in [5, 5.41) is 14.6. The number of hydrogen-bond donors (Lipinski definition) is 3. The summed E-state index contributed by atoms with van der Waals surface area (Å²) in [7, 11) is 0. The van der Waals surface area contributed by atoms with Gasteiger partial charge in [-0.1, -0.05) is 0 Å². The largest absolute Gasteiger partial charge is 0.354 e. The minimum absolute atomic E-state index is 0. The van der Waals surface area contributed by atoms with Crippen LogP contribution in [-0.2, 0) is 0 Å². The van der Waals surface area contributed by atoms with Crippen LogP contribution < -0.4 is 10.6 Å². The Kier molecular flexibility index (Phi) is 3.19. The number of rotatable bonds is 1. The average Bonchev–Trinajstić information content (AvgIpc) is 2.93. The van der Waals surface area contributed by atoms with Gasteiger partial charge >= 0.3 is 0 Å². The zero-order chi connectivity index (χ0) is 11.0. The summed E-state index contributed by atoms with van der Waals surface area (Å²) in [4.78, 5) is 4.31. The highest BCUT2D eigenvalue weighted by atomic mass is 35.5. The fourth-order valence-electron chi connectivity index (χ4n) is 1.90. The van der Waals surface area contributed by atoms with Gasteiger partial charge in [0.1, 0.15) is 0 Å². The number of aryl methyl sites for hydroxylation is 1. The van der Waals surface area contributed by atoms with Crippen LogP contribution in [-0.4, -0.2) is 29.2 Å². The second kappa shape index (κ2) is 4.63. The number of fused-ring (bicyclic) bond motifs is 1. The molecule has 1 aromatic heterocycles. The van der Waals surface area contributed by atoms with Gasteiger partial charge < -0.3 is 10.6 Å². The van der Waals surface area contributed by atoms with E-state index in [-0.39, 0.29) is 12.4 Å². The molecule has 0 unspecified atom stereocenters. The molecule has 1 aliphatic rings. The van der Waals surface area contributed by atoms with E-state index in [2.05, 4.69) is 38.8 Å². The molecule has 3 N–H and O–H groups in total. The minimum atomic E-state index is 0. The Morgan fingerprint density at radius 3 is 3.00 bits per heavy atom. The van der Waals surface area contributed by atoms with Gasteiger partial charge in [0.25, 0.3) is 0 Å². The van der Waals surface area contributed by atoms with Crippen molar-refractivity contribution in [3.05, 3.63) is 23.9 Å². The third-order valence-electron chi connectivity index (χ3n) is 2.80. The van der Waals surface area contributed by atoms with Crippen molar-refractivity contribution in [3.63, 3.8) is 0 Å². The average molecular weight is 252 g/mol. The number of hydrogen-bond acceptors (Lipinski definition) is 4. The first-order valence-corrected chi connectivity index (χ1v) is 5.32. The molecule has 17 heavy (non-hydrogen) atoms. The third-order valence-corrected chi connectivity index (χ3v) is 2.80. The number of aromatic nitrogens is 2. The van der Waals surface area contributed by atoms with Crippen LogP contribution in [0, 0.1) is 6.92 Å². The van der Waals surface area contributed by atoms with Gasteiger partial charge in [-0.05, 0) is 24.6 Å². The van der Waals surface area contributed by atoms with Gasteiger partial charge in [-0.25, -0.2) is 0 Å². The Bertz CT molecular complexity index is 560. The molecule has 2 heterocycles. The molecule has 0 spiro atoms. The molecule has 0 bridgehead atoms. The zero-order valence-electron chi connectivity index (χ0n) is 9.45. The molecular formula is C11H14ClN5. The van der Waals surface area contributed by atoms with E-state index in [0.717, 1.165) is 41.2 Å². The van der Waals surface area contributed by atoms with E-state index in [4.69, 9.17) is 0 Å². The van der Waals surface area contributed by atoms with Crippen molar-refractivity contribution in [2.75, 3.05) is 18.4 Å². The monoisotopic (exact) mass is 251 g/mol. The van der Waals surface area contributed by atoms with E-state index in [9.17, 15) is 0 Å². The van der Waals surface area contributed by atoms with E-state index >= 15 is 0 Å². The number of nitrogens with one attached hydrogen (secondary N) is 3. The van der Waals surface area contributed by atoms with Crippen LogP contribution in [0.3, 0.4) is 0 Å². The van der Waals surface area contributed by atoms with Crippen molar-refractivity contribution >= 4 is 35.0 Å². The lowest BCUT2D eigenvalue weighted by molar-refractivity contribution is 0.959. The maximum atomic E-state index is 4.31. The first-order chi connectivity index (χ1) is 7.84. The van der Waals surface area contributed by atoms with Crippen LogP contribution in [0.5, 0.6) is 0 Å². The van der Waals surface area contributed by atoms with Crippen molar-refractivity contribution in [1.82, 2.24) is 15.5 Å². The number of anilines is 1. The Labute approximate surface area is 105 Å². The lowest BCUT2D eigenvalue weighted by Gasteiger charge is -2.09. The zero-order valence-corrected chi connectivity index (χ0v) is 10.3. The molecule has 0 fully saturated rings. The van der Waals surface area contributed by atoms with Crippen LogP contribution in [0.25, 0.3) is 10.9 Å². The first-order valence-electron chi connectivity index (χ1n) is 5.32. The van der Waals surface area contributed by atoms with Gasteiger partial charge in [-0.2, -0.15) is 5.10 Å². The topological polar surface area (TPSA) is 65.1 Å². The molecule has 5 nitrogen and oxygen atoms in total. The number of nitrogens with zero attached hydrogens (tertiary/aromatic N) is 2. The van der Waals surface area contributed by atoms with Crippen molar-refractivity contribution < 1.29 is 0 Å². The SMILES string of the molecule is Cc1c(NC2=NCCN2)ccc2cn[nH]c12.Cl. The summed E-state index contributed by atoms with van der Waals surface area (Å²) in [5.74, 6) is 0.849. The molecule has 1 aromatic carbocycles. The molecule has 90 valence electrons. The second-order valence-corrected chi connectivity index (χ2v) is 3.85. The van der Waals surface area contributed by atoms with Crippen molar-refractivity contribution in [3.8, 4) is 0 Å². The van der Waals surface area contributed by atoms with E-state index in [1.807, 2.05) is 12.3 Å². The molecule has 0 atom stereocenters. The lowest BCUT2D eigenvalue weighted by Crippen LogP contribution is -2.26. The van der Waals surface area contributed by atoms with Crippen LogP contribution >= 0.6 is 12.4 Å². The van der Waals surface area contributed by atoms with Crippen LogP contribution in [0.1, 0.15) is 5.56 Å². The number of aliphatic imine (C=N–C) groups is 1. The molecule has 0 saturated heterocycles. The predicted octanol–water partition coefficient (Wildman–Crippen LogP) is 1.66. The number of aromatic amines is 1. The highest BCUT2D eigenvalue weighted by Gasteiger charge is 2.09. The first kappa shape index (κ1) is 11.7. The Morgan fingerprint density at radius 2 is 2.24 bits per heavy atom. The molecule has 2 aromatic rings. The second-order valence-electron chi connectivity index (χ2n) is 3.85. The maximum absolute atomic E-state index is 4.31. The fraction of sp³-hybridized carbons (Fsp3) is 0.273. The summed E-state index contributed by atoms with van der Waals surface area (Å²) in [6.45, 7) is 3.82. The van der Waals surface area contributed by atoms with E-state index in [1.165, 1.54) is 0 Å². The number of H-pyrrole nitrogens is 1. The predicted molar refractivity (Wildman–Crippen MR) is 72.0 cm³/mol. The summed E-state index contributed by atoms with van der Waals surface area (Å²) in [6.07, 6.45) is 1.83. The van der Waals surface area contributed by atoms with Gasteiger partial charge in [0, 0.05) is 17.6 Å². The lowest BCUT2D eigenvalue weighted by atomic mass is 10.1. The van der Waals surface area contributed by atoms with Gasteiger partial charge in [0.2, 0.25) is 0 Å². The van der Waals surface area contributed by atoms with Crippen molar-refractivity contribution in [2.45, 2.75) is 6.92 Å². The summed E-state index contributed by atoms with van der Waals surface area (Å²) in [5.41, 5.74) is 3.29. The maximum Gasteiger partial charge on any atom is 0.195 e. The van der Waals surface area contributed by atoms with Gasteiger partial charge in [-0.3, -0.25) is 10.1 Å². The molecule has 0 aliphatic carbocycles. The summed E-state index contributed by atoms with van der Waals surface area (Å²) in [6, 6.07) is 4.10. The fourth-order valence-corrected chi connectivity index (χ4v) is 1.90. The molecule has 3 rings (SSSR count). The molecule has 0 radical (unpaired) electrons. The Hall–Kier alpha value is -1.75. The molecule has 0 saturated carbocycles. The van der Waals surface area contributed by atoms with Crippen molar-refractivity contribution in [1.29, 1.82) is 0 Å². The molecule has 6 heteroatoms. The quantitative estimate of drug-likeness (QED) is 0.722. The summed E-state index contributed by atoms with van der Waals surface area (Å²) < 4.78 is 0. The van der Waals surface area contributed by atoms with E-state index < -0.39 is 0 Å². The molecular weight excluding hydrogens is 238 g/mol. The minimum Gasteiger partial charge on any atom is -0.354 e. The van der Waals surface area contributed by atoms with Crippen LogP contribution in [0.15, 0.2) is 23.3 Å². The number of halogens is 1. The Balaban J connectivity index is 0.00000108. The van der Waals surface area contributed by atoms with Crippen molar-refractivity contribution in [2.24, 2.45) is 4.99 Å². The van der Waals surface area contributed by atoms with E-state index in [1.54, 1.807) is 0 Å². The standard InChI is InChI=1S/C11H13N5.ClH/c1-7-9(15-11-12-4-5-13-11)3-2-8-6-14-16-10(7)8;/h2-3,6H,4-5H2,1H3,(H,14,16)(H2,12,13,15);1H.